The maximum Gasteiger partial charge on any atom is 0.175 e. The summed E-state index contributed by atoms with van der Waals surface area (Å²) in [5.41, 5.74) is 6.12. The van der Waals surface area contributed by atoms with E-state index in [1.54, 1.807) is 11.3 Å². The summed E-state index contributed by atoms with van der Waals surface area (Å²) in [5.74, 6) is 2.92. The number of fused-ring (bicyclic) bond motifs is 5. The number of aryl methyl sites for hydroxylation is 4. The van der Waals surface area contributed by atoms with Crippen LogP contribution in [0.5, 0.6) is 0 Å². The van der Waals surface area contributed by atoms with E-state index >= 15 is 0 Å². The Balaban J connectivity index is 1.66. The Morgan fingerprint density at radius 3 is 2.35 bits per heavy atom. The number of aromatic nitrogens is 5. The predicted molar refractivity (Wildman–Crippen MR) is 127 cm³/mol. The smallest absolute Gasteiger partial charge is 0.175 e. The molecule has 0 saturated carbocycles. The minimum absolute atomic E-state index is 0.791. The highest BCUT2D eigenvalue weighted by Gasteiger charge is 2.27. The number of nitrogens with zero attached hydrogens (tertiary/aromatic N) is 6. The van der Waals surface area contributed by atoms with Crippen LogP contribution in [0.3, 0.4) is 0 Å². The molecule has 6 rings (SSSR count). The molecule has 0 N–H and O–H groups in total. The quantitative estimate of drug-likeness (QED) is 0.435. The summed E-state index contributed by atoms with van der Waals surface area (Å²) in [6.45, 7) is 8.37. The van der Waals surface area contributed by atoms with E-state index in [1.807, 2.05) is 18.5 Å². The molecule has 1 saturated heterocycles. The monoisotopic (exact) mass is 432 g/mol. The lowest BCUT2D eigenvalue weighted by atomic mass is 9.89. The molecule has 0 spiro atoms. The molecule has 160 valence electrons. The summed E-state index contributed by atoms with van der Waals surface area (Å²) in [6, 6.07) is 2.10. The Hall–Kier alpha value is -2.54. The number of piperidine rings is 1. The lowest BCUT2D eigenvalue weighted by molar-refractivity contribution is 0.569. The lowest BCUT2D eigenvalue weighted by Crippen LogP contribution is -2.31. The largest absolute Gasteiger partial charge is 0.356 e. The normalized spacial score (nSPS) is 16.9. The highest BCUT2D eigenvalue weighted by atomic mass is 32.1. The fourth-order valence-corrected chi connectivity index (χ4v) is 6.47. The van der Waals surface area contributed by atoms with Crippen LogP contribution < -0.4 is 4.90 Å². The van der Waals surface area contributed by atoms with Crippen molar-refractivity contribution in [3.63, 3.8) is 0 Å². The third kappa shape index (κ3) is 3.04. The summed E-state index contributed by atoms with van der Waals surface area (Å²) >= 11 is 1.74. The molecule has 7 heteroatoms. The van der Waals surface area contributed by atoms with Gasteiger partial charge < -0.3 is 4.90 Å². The third-order valence-corrected chi connectivity index (χ3v) is 7.79. The summed E-state index contributed by atoms with van der Waals surface area (Å²) < 4.78 is 3.07. The number of hydrogen-bond acceptors (Lipinski definition) is 6. The standard InChI is InChI=1S/C24H28N6S/c1-14-13-15(2)30(28-14)23-21-20(25-16(3)26-23)19-17-9-5-6-10-18(17)22(27-24(19)31-21)29-11-7-4-8-12-29/h13H,4-12H2,1-3H3. The van der Waals surface area contributed by atoms with E-state index in [4.69, 9.17) is 20.1 Å². The SMILES string of the molecule is Cc1cc(C)n(-c2nc(C)nc3c2sc2nc(N4CCCCC4)c4c(c23)CCCC4)n1. The van der Waals surface area contributed by atoms with Gasteiger partial charge in [0.25, 0.3) is 0 Å². The van der Waals surface area contributed by atoms with Gasteiger partial charge in [0, 0.05) is 24.2 Å². The lowest BCUT2D eigenvalue weighted by Gasteiger charge is -2.31. The molecule has 1 aliphatic carbocycles. The van der Waals surface area contributed by atoms with Gasteiger partial charge in [-0.05, 0) is 82.9 Å². The van der Waals surface area contributed by atoms with Crippen LogP contribution >= 0.6 is 11.3 Å². The highest BCUT2D eigenvalue weighted by Crippen LogP contribution is 2.43. The van der Waals surface area contributed by atoms with Crippen LogP contribution in [0.1, 0.15) is 60.4 Å². The first-order valence-corrected chi connectivity index (χ1v) is 12.3. The average Bonchev–Trinajstić information content (AvgIpc) is 3.32. The topological polar surface area (TPSA) is 59.7 Å². The summed E-state index contributed by atoms with van der Waals surface area (Å²) in [6.07, 6.45) is 8.65. The zero-order valence-corrected chi connectivity index (χ0v) is 19.3. The maximum atomic E-state index is 5.29. The zero-order chi connectivity index (χ0) is 21.1. The molecule has 0 radical (unpaired) electrons. The third-order valence-electron chi connectivity index (χ3n) is 6.72. The number of rotatable bonds is 2. The molecule has 0 aromatic carbocycles. The van der Waals surface area contributed by atoms with Gasteiger partial charge in [0.15, 0.2) is 5.82 Å². The zero-order valence-electron chi connectivity index (χ0n) is 18.5. The predicted octanol–water partition coefficient (Wildman–Crippen LogP) is 5.22. The summed E-state index contributed by atoms with van der Waals surface area (Å²) in [5, 5.41) is 5.99. The van der Waals surface area contributed by atoms with Crippen molar-refractivity contribution in [3.05, 3.63) is 34.4 Å². The number of pyridine rings is 1. The minimum Gasteiger partial charge on any atom is -0.356 e. The average molecular weight is 433 g/mol. The maximum absolute atomic E-state index is 5.29. The first-order chi connectivity index (χ1) is 15.1. The van der Waals surface area contributed by atoms with Crippen LogP contribution in [0, 0.1) is 20.8 Å². The van der Waals surface area contributed by atoms with Gasteiger partial charge in [-0.25, -0.2) is 19.6 Å². The molecule has 4 aromatic rings. The number of thiophene rings is 1. The van der Waals surface area contributed by atoms with E-state index in [9.17, 15) is 0 Å². The molecule has 0 unspecified atom stereocenters. The van der Waals surface area contributed by atoms with Crippen molar-refractivity contribution in [3.8, 4) is 5.82 Å². The molecule has 2 aliphatic rings. The van der Waals surface area contributed by atoms with Crippen molar-refractivity contribution < 1.29 is 0 Å². The van der Waals surface area contributed by atoms with Gasteiger partial charge in [0.2, 0.25) is 0 Å². The molecule has 4 aromatic heterocycles. The van der Waals surface area contributed by atoms with Crippen molar-refractivity contribution >= 4 is 37.6 Å². The molecular formula is C24H28N6S. The Labute approximate surface area is 186 Å². The molecule has 31 heavy (non-hydrogen) atoms. The van der Waals surface area contributed by atoms with Gasteiger partial charge in [0.05, 0.1) is 11.2 Å². The molecule has 1 aliphatic heterocycles. The van der Waals surface area contributed by atoms with Crippen molar-refractivity contribution in [2.45, 2.75) is 65.7 Å². The molecular weight excluding hydrogens is 404 g/mol. The van der Waals surface area contributed by atoms with Gasteiger partial charge in [0.1, 0.15) is 21.2 Å². The van der Waals surface area contributed by atoms with Crippen molar-refractivity contribution in [1.82, 2.24) is 24.7 Å². The molecule has 5 heterocycles. The Kier molecular flexibility index (Phi) is 4.49. The van der Waals surface area contributed by atoms with Crippen molar-refractivity contribution in [2.75, 3.05) is 18.0 Å². The molecule has 0 bridgehead atoms. The van der Waals surface area contributed by atoms with E-state index in [0.29, 0.717) is 0 Å². The molecule has 0 amide bonds. The van der Waals surface area contributed by atoms with Crippen LogP contribution in [-0.4, -0.2) is 37.8 Å². The van der Waals surface area contributed by atoms with E-state index in [1.165, 1.54) is 54.4 Å². The minimum atomic E-state index is 0.791. The van der Waals surface area contributed by atoms with Gasteiger partial charge in [-0.3, -0.25) is 0 Å². The molecule has 1 fully saturated rings. The van der Waals surface area contributed by atoms with Gasteiger partial charge in [-0.1, -0.05) is 0 Å². The van der Waals surface area contributed by atoms with Crippen LogP contribution in [0.2, 0.25) is 0 Å². The van der Waals surface area contributed by atoms with Gasteiger partial charge in [-0.2, -0.15) is 5.10 Å². The van der Waals surface area contributed by atoms with E-state index in [-0.39, 0.29) is 0 Å². The van der Waals surface area contributed by atoms with E-state index in [2.05, 4.69) is 17.9 Å². The molecule has 0 atom stereocenters. The highest BCUT2D eigenvalue weighted by molar-refractivity contribution is 7.25. The summed E-state index contributed by atoms with van der Waals surface area (Å²) in [4.78, 5) is 18.7. The van der Waals surface area contributed by atoms with Crippen LogP contribution in [0.4, 0.5) is 5.82 Å². The Morgan fingerprint density at radius 2 is 1.61 bits per heavy atom. The first kappa shape index (κ1) is 19.2. The Morgan fingerprint density at radius 1 is 0.839 bits per heavy atom. The molecule has 6 nitrogen and oxygen atoms in total. The van der Waals surface area contributed by atoms with Crippen molar-refractivity contribution in [2.24, 2.45) is 0 Å². The van der Waals surface area contributed by atoms with Crippen LogP contribution in [0.15, 0.2) is 6.07 Å². The number of hydrogen-bond donors (Lipinski definition) is 0. The van der Waals surface area contributed by atoms with Gasteiger partial charge in [-0.15, -0.1) is 11.3 Å². The fraction of sp³-hybridized carbons (Fsp3) is 0.500. The summed E-state index contributed by atoms with van der Waals surface area (Å²) in [7, 11) is 0. The number of anilines is 1. The van der Waals surface area contributed by atoms with E-state index < -0.39 is 0 Å². The second-order valence-corrected chi connectivity index (χ2v) is 10.0. The van der Waals surface area contributed by atoms with E-state index in [0.717, 1.165) is 64.0 Å². The Bertz CT molecular complexity index is 1310. The van der Waals surface area contributed by atoms with Crippen molar-refractivity contribution in [1.29, 1.82) is 0 Å². The second-order valence-electron chi connectivity index (χ2n) is 9.04. The first-order valence-electron chi connectivity index (χ1n) is 11.5. The van der Waals surface area contributed by atoms with Crippen LogP contribution in [0.25, 0.3) is 26.3 Å². The van der Waals surface area contributed by atoms with Crippen LogP contribution in [-0.2, 0) is 12.8 Å². The second kappa shape index (κ2) is 7.26. The van der Waals surface area contributed by atoms with Gasteiger partial charge >= 0.3 is 0 Å². The fourth-order valence-electron chi connectivity index (χ4n) is 5.36.